The van der Waals surface area contributed by atoms with Crippen molar-refractivity contribution >= 4 is 5.91 Å². The van der Waals surface area contributed by atoms with Crippen LogP contribution in [0.1, 0.15) is 21.9 Å². The molecule has 2 aromatic heterocycles. The molecule has 0 aliphatic rings. The summed E-state index contributed by atoms with van der Waals surface area (Å²) in [5.41, 5.74) is 0.931. The van der Waals surface area contributed by atoms with E-state index < -0.39 is 5.69 Å². The molecule has 0 saturated carbocycles. The molecule has 0 bridgehead atoms. The van der Waals surface area contributed by atoms with Gasteiger partial charge in [-0.05, 0) is 5.56 Å². The lowest BCUT2D eigenvalue weighted by molar-refractivity contribution is 0.0939. The molecule has 0 aliphatic heterocycles. The lowest BCUT2D eigenvalue weighted by atomic mass is 10.2. The minimum absolute atomic E-state index is 0.105. The predicted octanol–water partition coefficient (Wildman–Crippen LogP) is -0.332. The van der Waals surface area contributed by atoms with Gasteiger partial charge in [-0.2, -0.15) is 5.10 Å². The van der Waals surface area contributed by atoms with Crippen LogP contribution in [0.3, 0.4) is 0 Å². The first-order valence-electron chi connectivity index (χ1n) is 6.56. The normalized spacial score (nSPS) is 10.5. The van der Waals surface area contributed by atoms with E-state index >= 15 is 0 Å². The molecule has 3 aromatic rings. The van der Waals surface area contributed by atoms with Crippen LogP contribution < -0.4 is 11.0 Å². The van der Waals surface area contributed by atoms with Crippen LogP contribution in [0.5, 0.6) is 0 Å². The molecule has 0 saturated heterocycles. The van der Waals surface area contributed by atoms with Gasteiger partial charge in [0, 0.05) is 0 Å². The average Bonchev–Trinajstić information content (AvgIpc) is 3.15. The number of rotatable bonds is 5. The van der Waals surface area contributed by atoms with Crippen molar-refractivity contribution in [1.82, 2.24) is 35.5 Å². The zero-order valence-corrected chi connectivity index (χ0v) is 11.5. The number of nitrogens with zero attached hydrogens (tertiary/aromatic N) is 4. The monoisotopic (exact) mass is 299 g/mol. The van der Waals surface area contributed by atoms with Crippen molar-refractivity contribution in [2.75, 3.05) is 0 Å². The molecule has 3 rings (SSSR count). The van der Waals surface area contributed by atoms with E-state index in [4.69, 9.17) is 0 Å². The number of carbonyl (C=O) groups excluding carboxylic acids is 1. The van der Waals surface area contributed by atoms with Crippen LogP contribution in [0.15, 0.2) is 41.3 Å². The number of hydrogen-bond acceptors (Lipinski definition) is 5. The van der Waals surface area contributed by atoms with Crippen molar-refractivity contribution in [2.24, 2.45) is 0 Å². The van der Waals surface area contributed by atoms with Gasteiger partial charge in [-0.3, -0.25) is 9.78 Å². The molecule has 1 amide bonds. The molecule has 112 valence electrons. The van der Waals surface area contributed by atoms with Crippen molar-refractivity contribution in [3.63, 3.8) is 0 Å². The third-order valence-corrected chi connectivity index (χ3v) is 2.99. The van der Waals surface area contributed by atoms with Crippen LogP contribution in [0, 0.1) is 0 Å². The highest BCUT2D eigenvalue weighted by Gasteiger charge is 2.13. The van der Waals surface area contributed by atoms with Gasteiger partial charge in [0.05, 0.1) is 19.3 Å². The Morgan fingerprint density at radius 3 is 2.82 bits per heavy atom. The maximum absolute atomic E-state index is 12.2. The molecule has 2 heterocycles. The summed E-state index contributed by atoms with van der Waals surface area (Å²) in [6.45, 7) is 0.553. The molecule has 0 aliphatic carbocycles. The smallest absolute Gasteiger partial charge is 0.340 e. The maximum atomic E-state index is 12.2. The first-order valence-corrected chi connectivity index (χ1v) is 6.56. The minimum atomic E-state index is -0.417. The molecule has 1 aromatic carbocycles. The number of benzene rings is 1. The minimum Gasteiger partial charge on any atom is -0.343 e. The fourth-order valence-corrected chi connectivity index (χ4v) is 1.95. The number of aromatic amines is 2. The Bertz CT molecular complexity index is 818. The zero-order valence-electron chi connectivity index (χ0n) is 11.5. The van der Waals surface area contributed by atoms with Gasteiger partial charge in [0.2, 0.25) is 0 Å². The fourth-order valence-electron chi connectivity index (χ4n) is 1.95. The molecule has 0 fully saturated rings. The largest absolute Gasteiger partial charge is 0.343 e. The molecule has 22 heavy (non-hydrogen) atoms. The van der Waals surface area contributed by atoms with Gasteiger partial charge in [-0.15, -0.1) is 5.10 Å². The topological polar surface area (TPSA) is 121 Å². The summed E-state index contributed by atoms with van der Waals surface area (Å²) in [5, 5.41) is 16.3. The molecule has 0 unspecified atom stereocenters. The van der Waals surface area contributed by atoms with Gasteiger partial charge in [0.25, 0.3) is 5.91 Å². The van der Waals surface area contributed by atoms with Crippen molar-refractivity contribution in [3.05, 3.63) is 64.1 Å². The van der Waals surface area contributed by atoms with E-state index in [9.17, 15) is 9.59 Å². The molecular formula is C13H13N7O2. The number of amides is 1. The predicted molar refractivity (Wildman–Crippen MR) is 75.9 cm³/mol. The highest BCUT2D eigenvalue weighted by Crippen LogP contribution is 2.04. The van der Waals surface area contributed by atoms with Crippen LogP contribution >= 0.6 is 0 Å². The van der Waals surface area contributed by atoms with Gasteiger partial charge in [-0.25, -0.2) is 14.6 Å². The summed E-state index contributed by atoms with van der Waals surface area (Å²) in [4.78, 5) is 25.5. The summed E-state index contributed by atoms with van der Waals surface area (Å²) < 4.78 is 1.51. The first-order chi connectivity index (χ1) is 10.7. The third kappa shape index (κ3) is 3.08. The molecule has 0 radical (unpaired) electrons. The van der Waals surface area contributed by atoms with Gasteiger partial charge < -0.3 is 5.32 Å². The van der Waals surface area contributed by atoms with Crippen LogP contribution in [0.2, 0.25) is 0 Å². The van der Waals surface area contributed by atoms with Gasteiger partial charge in [-0.1, -0.05) is 35.5 Å². The molecular weight excluding hydrogens is 286 g/mol. The second-order valence-corrected chi connectivity index (χ2v) is 4.57. The van der Waals surface area contributed by atoms with E-state index in [1.807, 2.05) is 30.3 Å². The summed E-state index contributed by atoms with van der Waals surface area (Å²) in [7, 11) is 0. The summed E-state index contributed by atoms with van der Waals surface area (Å²) >= 11 is 0. The Balaban J connectivity index is 1.68. The van der Waals surface area contributed by atoms with Crippen molar-refractivity contribution < 1.29 is 4.79 Å². The van der Waals surface area contributed by atoms with Crippen molar-refractivity contribution in [2.45, 2.75) is 13.1 Å². The molecule has 0 spiro atoms. The van der Waals surface area contributed by atoms with Crippen LogP contribution in [-0.4, -0.2) is 36.1 Å². The summed E-state index contributed by atoms with van der Waals surface area (Å²) in [5.74, 6) is 0.00483. The Kier molecular flexibility index (Phi) is 3.77. The molecule has 0 atom stereocenters. The Morgan fingerprint density at radius 2 is 2.09 bits per heavy atom. The van der Waals surface area contributed by atoms with E-state index in [1.54, 1.807) is 0 Å². The lowest BCUT2D eigenvalue weighted by Gasteiger charge is -2.06. The van der Waals surface area contributed by atoms with E-state index in [2.05, 4.69) is 30.8 Å². The van der Waals surface area contributed by atoms with Crippen LogP contribution in [-0.2, 0) is 13.1 Å². The number of nitrogens with one attached hydrogen (secondary N) is 3. The summed E-state index contributed by atoms with van der Waals surface area (Å²) in [6.07, 6.45) is 1.39. The number of aromatic nitrogens is 6. The van der Waals surface area contributed by atoms with E-state index in [0.717, 1.165) is 5.56 Å². The Morgan fingerprint density at radius 1 is 1.27 bits per heavy atom. The first kappa shape index (κ1) is 13.7. The second-order valence-electron chi connectivity index (χ2n) is 4.57. The highest BCUT2D eigenvalue weighted by molar-refractivity contribution is 5.92. The van der Waals surface area contributed by atoms with Crippen molar-refractivity contribution in [1.29, 1.82) is 0 Å². The highest BCUT2D eigenvalue weighted by atomic mass is 16.2. The molecule has 9 nitrogen and oxygen atoms in total. The SMILES string of the molecule is O=C(NCc1n[nH]c(=O)[nH]1)c1cnnn1Cc1ccccc1. The Labute approximate surface area is 124 Å². The van der Waals surface area contributed by atoms with Crippen LogP contribution in [0.4, 0.5) is 0 Å². The van der Waals surface area contributed by atoms with Crippen molar-refractivity contribution in [3.8, 4) is 0 Å². The van der Waals surface area contributed by atoms with E-state index in [0.29, 0.717) is 18.1 Å². The Hall–Kier alpha value is -3.23. The number of H-pyrrole nitrogens is 2. The third-order valence-electron chi connectivity index (χ3n) is 2.99. The maximum Gasteiger partial charge on any atom is 0.340 e. The average molecular weight is 299 g/mol. The van der Waals surface area contributed by atoms with E-state index in [-0.39, 0.29) is 12.5 Å². The van der Waals surface area contributed by atoms with Gasteiger partial charge in [0.1, 0.15) is 11.5 Å². The quantitative estimate of drug-likeness (QED) is 0.595. The summed E-state index contributed by atoms with van der Waals surface area (Å²) in [6, 6.07) is 9.64. The number of hydrogen-bond donors (Lipinski definition) is 3. The molecule has 3 N–H and O–H groups in total. The van der Waals surface area contributed by atoms with Gasteiger partial charge in [0.15, 0.2) is 0 Å². The second kappa shape index (κ2) is 6.04. The van der Waals surface area contributed by atoms with Gasteiger partial charge >= 0.3 is 5.69 Å². The number of carbonyl (C=O) groups is 1. The molecule has 9 heteroatoms. The lowest BCUT2D eigenvalue weighted by Crippen LogP contribution is -2.26. The zero-order chi connectivity index (χ0) is 15.4. The fraction of sp³-hybridized carbons (Fsp3) is 0.154. The van der Waals surface area contributed by atoms with Crippen LogP contribution in [0.25, 0.3) is 0 Å². The standard InChI is InChI=1S/C13H13N7O2/c21-12(14-7-11-16-13(22)18-17-11)10-6-15-19-20(10)8-9-4-2-1-3-5-9/h1-6H,7-8H2,(H,14,21)(H2,16,17,18,22). The van der Waals surface area contributed by atoms with E-state index in [1.165, 1.54) is 10.9 Å².